The highest BCUT2D eigenvalue weighted by Crippen LogP contribution is 2.24. The van der Waals surface area contributed by atoms with Crippen LogP contribution >= 0.6 is 12.4 Å². The third-order valence-electron chi connectivity index (χ3n) is 1.94. The summed E-state index contributed by atoms with van der Waals surface area (Å²) in [4.78, 5) is 0. The lowest BCUT2D eigenvalue weighted by molar-refractivity contribution is 0.322. The molecule has 0 fully saturated rings. The average Bonchev–Trinajstić information content (AvgIpc) is 2.28. The van der Waals surface area contributed by atoms with Crippen molar-refractivity contribution in [2.75, 3.05) is 20.8 Å². The maximum absolute atomic E-state index is 7.66. The van der Waals surface area contributed by atoms with Gasteiger partial charge in [-0.3, -0.25) is 5.41 Å². The van der Waals surface area contributed by atoms with E-state index < -0.39 is 0 Å². The zero-order valence-electron chi connectivity index (χ0n) is 9.57. The molecule has 0 saturated carbocycles. The fraction of sp³-hybridized carbons (Fsp3) is 0.364. The van der Waals surface area contributed by atoms with Gasteiger partial charge in [0.15, 0.2) is 0 Å². The molecule has 1 rings (SSSR count). The van der Waals surface area contributed by atoms with Crippen molar-refractivity contribution in [1.29, 1.82) is 5.41 Å². The number of hydrogen-bond acceptors (Lipinski definition) is 4. The normalized spacial score (nSPS) is 8.94. The molecule has 0 radical (unpaired) electrons. The number of nitrogens with one attached hydrogen (secondary N) is 1. The summed E-state index contributed by atoms with van der Waals surface area (Å²) in [6, 6.07) is 5.24. The van der Waals surface area contributed by atoms with Crippen molar-refractivity contribution in [3.05, 3.63) is 23.8 Å². The molecule has 0 aromatic heterocycles. The summed E-state index contributed by atoms with van der Waals surface area (Å²) in [5.74, 6) is 1.38. The summed E-state index contributed by atoms with van der Waals surface area (Å²) in [6.07, 6.45) is 0. The minimum absolute atomic E-state index is 0. The van der Waals surface area contributed by atoms with Crippen molar-refractivity contribution in [3.63, 3.8) is 0 Å². The van der Waals surface area contributed by atoms with E-state index in [1.54, 1.807) is 32.4 Å². The molecule has 0 atom stereocenters. The quantitative estimate of drug-likeness (QED) is 0.655. The van der Waals surface area contributed by atoms with Gasteiger partial charge in [-0.25, -0.2) is 0 Å². The molecule has 0 aliphatic carbocycles. The lowest BCUT2D eigenvalue weighted by Gasteiger charge is -2.11. The summed E-state index contributed by atoms with van der Waals surface area (Å²) in [5, 5.41) is 7.66. The van der Waals surface area contributed by atoms with Crippen molar-refractivity contribution in [2.45, 2.75) is 6.92 Å². The van der Waals surface area contributed by atoms with E-state index in [0.717, 1.165) is 0 Å². The lowest BCUT2D eigenvalue weighted by Crippen LogP contribution is -2.06. The molecule has 16 heavy (non-hydrogen) atoms. The third-order valence-corrected chi connectivity index (χ3v) is 1.94. The Kier molecular flexibility index (Phi) is 6.34. The molecular weight excluding hydrogens is 230 g/mol. The molecule has 0 spiro atoms. The van der Waals surface area contributed by atoms with E-state index in [-0.39, 0.29) is 18.3 Å². The molecule has 0 aliphatic rings. The number of methoxy groups -OCH3 is 2. The van der Waals surface area contributed by atoms with Crippen LogP contribution in [0.4, 0.5) is 0 Å². The Bertz CT molecular complexity index is 355. The molecule has 5 heteroatoms. The first-order valence-electron chi connectivity index (χ1n) is 4.66. The number of rotatable bonds is 4. The van der Waals surface area contributed by atoms with E-state index >= 15 is 0 Å². The average molecular weight is 246 g/mol. The molecule has 90 valence electrons. The van der Waals surface area contributed by atoms with Crippen molar-refractivity contribution in [2.24, 2.45) is 0 Å². The van der Waals surface area contributed by atoms with E-state index in [1.807, 2.05) is 6.92 Å². The van der Waals surface area contributed by atoms with E-state index in [1.165, 1.54) is 0 Å². The molecule has 0 heterocycles. The van der Waals surface area contributed by atoms with Crippen LogP contribution in [0.25, 0.3) is 0 Å². The van der Waals surface area contributed by atoms with Gasteiger partial charge in [0, 0.05) is 6.07 Å². The van der Waals surface area contributed by atoms with E-state index in [2.05, 4.69) is 0 Å². The Balaban J connectivity index is 0.00000225. The van der Waals surface area contributed by atoms with Crippen molar-refractivity contribution >= 4 is 18.3 Å². The predicted octanol–water partition coefficient (Wildman–Crippen LogP) is 2.49. The molecule has 0 bridgehead atoms. The van der Waals surface area contributed by atoms with Gasteiger partial charge in [0.05, 0.1) is 26.4 Å². The van der Waals surface area contributed by atoms with Crippen LogP contribution in [0.5, 0.6) is 11.5 Å². The minimum Gasteiger partial charge on any atom is -0.497 e. The van der Waals surface area contributed by atoms with Crippen LogP contribution in [0, 0.1) is 5.41 Å². The molecule has 1 N–H and O–H groups in total. The van der Waals surface area contributed by atoms with Gasteiger partial charge in [0.1, 0.15) is 11.5 Å². The van der Waals surface area contributed by atoms with Crippen LogP contribution in [0.15, 0.2) is 18.2 Å². The Morgan fingerprint density at radius 1 is 1.25 bits per heavy atom. The first kappa shape index (κ1) is 14.6. The largest absolute Gasteiger partial charge is 0.497 e. The van der Waals surface area contributed by atoms with Gasteiger partial charge in [-0.15, -0.1) is 12.4 Å². The van der Waals surface area contributed by atoms with Gasteiger partial charge in [-0.1, -0.05) is 0 Å². The highest BCUT2D eigenvalue weighted by molar-refractivity contribution is 5.94. The van der Waals surface area contributed by atoms with Crippen molar-refractivity contribution < 1.29 is 14.2 Å². The van der Waals surface area contributed by atoms with E-state index in [4.69, 9.17) is 19.6 Å². The number of hydrogen-bond donors (Lipinski definition) is 1. The summed E-state index contributed by atoms with van der Waals surface area (Å²) >= 11 is 0. The fourth-order valence-electron chi connectivity index (χ4n) is 1.21. The summed E-state index contributed by atoms with van der Waals surface area (Å²) in [7, 11) is 3.14. The molecule has 0 saturated heterocycles. The van der Waals surface area contributed by atoms with Gasteiger partial charge in [-0.2, -0.15) is 0 Å². The Labute approximate surface area is 101 Å². The topological polar surface area (TPSA) is 51.5 Å². The monoisotopic (exact) mass is 245 g/mol. The van der Waals surface area contributed by atoms with Crippen molar-refractivity contribution in [3.8, 4) is 11.5 Å². The highest BCUT2D eigenvalue weighted by Gasteiger charge is 2.10. The maximum atomic E-state index is 7.66. The molecule has 1 aromatic rings. The molecular formula is C11H16ClNO3. The van der Waals surface area contributed by atoms with Crippen LogP contribution in [-0.4, -0.2) is 26.7 Å². The van der Waals surface area contributed by atoms with Crippen LogP contribution in [-0.2, 0) is 4.74 Å². The van der Waals surface area contributed by atoms with E-state index in [0.29, 0.717) is 23.7 Å². The van der Waals surface area contributed by atoms with Crippen molar-refractivity contribution in [1.82, 2.24) is 0 Å². The number of benzene rings is 1. The number of ether oxygens (including phenoxy) is 3. The molecule has 1 aromatic carbocycles. The predicted molar refractivity (Wildman–Crippen MR) is 65.2 cm³/mol. The first-order chi connectivity index (χ1) is 7.22. The maximum Gasteiger partial charge on any atom is 0.217 e. The fourth-order valence-corrected chi connectivity index (χ4v) is 1.21. The summed E-state index contributed by atoms with van der Waals surface area (Å²) in [6.45, 7) is 2.30. The SMILES string of the molecule is CCOC(=N)c1ccc(OC)cc1OC.Cl. The van der Waals surface area contributed by atoms with Gasteiger partial charge in [-0.05, 0) is 19.1 Å². The molecule has 0 aliphatic heterocycles. The van der Waals surface area contributed by atoms with Crippen LogP contribution in [0.1, 0.15) is 12.5 Å². The van der Waals surface area contributed by atoms with E-state index in [9.17, 15) is 0 Å². The number of halogens is 1. The van der Waals surface area contributed by atoms with Crippen LogP contribution in [0.2, 0.25) is 0 Å². The van der Waals surface area contributed by atoms with Gasteiger partial charge in [0.2, 0.25) is 5.90 Å². The Hall–Kier alpha value is -1.42. The molecule has 4 nitrogen and oxygen atoms in total. The second-order valence-electron chi connectivity index (χ2n) is 2.83. The second kappa shape index (κ2) is 6.95. The standard InChI is InChI=1S/C11H15NO3.ClH/c1-4-15-11(12)9-6-5-8(13-2)7-10(9)14-3;/h5-7,12H,4H2,1-3H3;1H. The zero-order valence-corrected chi connectivity index (χ0v) is 10.4. The molecule has 0 unspecified atom stereocenters. The molecule has 0 amide bonds. The van der Waals surface area contributed by atoms with Crippen LogP contribution < -0.4 is 9.47 Å². The van der Waals surface area contributed by atoms with Gasteiger partial charge < -0.3 is 14.2 Å². The minimum atomic E-state index is 0. The first-order valence-corrected chi connectivity index (χ1v) is 4.66. The summed E-state index contributed by atoms with van der Waals surface area (Å²) < 4.78 is 15.3. The lowest BCUT2D eigenvalue weighted by atomic mass is 10.2. The Morgan fingerprint density at radius 2 is 1.94 bits per heavy atom. The smallest absolute Gasteiger partial charge is 0.217 e. The van der Waals surface area contributed by atoms with Gasteiger partial charge >= 0.3 is 0 Å². The third kappa shape index (κ3) is 3.31. The summed E-state index contributed by atoms with van der Waals surface area (Å²) in [5.41, 5.74) is 0.625. The second-order valence-corrected chi connectivity index (χ2v) is 2.83. The highest BCUT2D eigenvalue weighted by atomic mass is 35.5. The zero-order chi connectivity index (χ0) is 11.3. The Morgan fingerprint density at radius 3 is 2.44 bits per heavy atom. The van der Waals surface area contributed by atoms with Crippen LogP contribution in [0.3, 0.4) is 0 Å². The van der Waals surface area contributed by atoms with Gasteiger partial charge in [0.25, 0.3) is 0 Å².